The third kappa shape index (κ3) is 6.05. The lowest BCUT2D eigenvalue weighted by molar-refractivity contribution is 0.202. The van der Waals surface area contributed by atoms with Gasteiger partial charge >= 0.3 is 0 Å². The van der Waals surface area contributed by atoms with E-state index in [1.54, 1.807) is 10.7 Å². The van der Waals surface area contributed by atoms with Crippen LogP contribution in [-0.4, -0.2) is 57.4 Å². The number of anilines is 3. The van der Waals surface area contributed by atoms with E-state index in [1.807, 2.05) is 18.2 Å². The van der Waals surface area contributed by atoms with Gasteiger partial charge in [0.1, 0.15) is 17.5 Å². The monoisotopic (exact) mass is 547 g/mol. The highest BCUT2D eigenvalue weighted by molar-refractivity contribution is 6.18. The Morgan fingerprint density at radius 1 is 1.00 bits per heavy atom. The molecule has 4 aromatic rings. The van der Waals surface area contributed by atoms with Crippen LogP contribution < -0.4 is 10.2 Å². The van der Waals surface area contributed by atoms with Crippen molar-refractivity contribution in [1.82, 2.24) is 19.5 Å². The summed E-state index contributed by atoms with van der Waals surface area (Å²) in [7, 11) is 0. The molecule has 0 aliphatic carbocycles. The highest BCUT2D eigenvalue weighted by Gasteiger charge is 2.22. The Balaban J connectivity index is 1.37. The van der Waals surface area contributed by atoms with Crippen molar-refractivity contribution in [2.75, 3.05) is 48.2 Å². The first-order valence-electron chi connectivity index (χ1n) is 13.0. The van der Waals surface area contributed by atoms with Gasteiger partial charge in [-0.2, -0.15) is 14.9 Å². The number of piperidine rings is 1. The van der Waals surface area contributed by atoms with Crippen molar-refractivity contribution >= 4 is 46.0 Å². The minimum atomic E-state index is 0.460. The van der Waals surface area contributed by atoms with Crippen LogP contribution in [0.25, 0.3) is 5.65 Å². The van der Waals surface area contributed by atoms with Gasteiger partial charge in [0.05, 0.1) is 11.9 Å². The number of benzene rings is 2. The van der Waals surface area contributed by atoms with Gasteiger partial charge in [-0.05, 0) is 55.6 Å². The van der Waals surface area contributed by atoms with E-state index in [9.17, 15) is 5.26 Å². The fourth-order valence-electron chi connectivity index (χ4n) is 5.14. The summed E-state index contributed by atoms with van der Waals surface area (Å²) in [6.07, 6.45) is 3.82. The zero-order valence-corrected chi connectivity index (χ0v) is 22.7. The number of hydrogen-bond acceptors (Lipinski definition) is 6. The largest absolute Gasteiger partial charge is 0.369 e. The fourth-order valence-corrected chi connectivity index (χ4v) is 5.55. The van der Waals surface area contributed by atoms with Crippen molar-refractivity contribution in [2.24, 2.45) is 0 Å². The van der Waals surface area contributed by atoms with E-state index in [-0.39, 0.29) is 0 Å². The molecule has 0 spiro atoms. The second-order valence-electron chi connectivity index (χ2n) is 9.54. The first-order chi connectivity index (χ1) is 18.7. The number of alkyl halides is 2. The molecule has 196 valence electrons. The molecule has 9 heteroatoms. The van der Waals surface area contributed by atoms with Crippen LogP contribution in [-0.2, 0) is 6.54 Å². The van der Waals surface area contributed by atoms with E-state index in [4.69, 9.17) is 28.2 Å². The maximum absolute atomic E-state index is 9.65. The molecule has 0 atom stereocenters. The van der Waals surface area contributed by atoms with E-state index in [0.717, 1.165) is 55.4 Å². The number of hydrogen-bond donors (Lipinski definition) is 1. The molecule has 0 bridgehead atoms. The average molecular weight is 549 g/mol. The van der Waals surface area contributed by atoms with Crippen molar-refractivity contribution in [2.45, 2.75) is 25.3 Å². The van der Waals surface area contributed by atoms with Crippen molar-refractivity contribution in [1.29, 1.82) is 5.26 Å². The minimum Gasteiger partial charge on any atom is -0.369 e. The molecule has 38 heavy (non-hydrogen) atoms. The standard InChI is InChI=1S/C29H31Cl2N7/c30-11-15-37(16-12-31)27-8-4-7-25(17-27)34-28-18-26(35-29-24(19-32)20-33-38(28)29)21-36-13-9-23(10-14-36)22-5-2-1-3-6-22/h1-8,17-18,20,23,34H,9-16,21H2. The number of nitrogens with one attached hydrogen (secondary N) is 1. The van der Waals surface area contributed by atoms with Gasteiger partial charge in [-0.25, -0.2) is 4.98 Å². The Morgan fingerprint density at radius 3 is 2.47 bits per heavy atom. The summed E-state index contributed by atoms with van der Waals surface area (Å²) in [4.78, 5) is 9.44. The van der Waals surface area contributed by atoms with Crippen molar-refractivity contribution in [3.63, 3.8) is 0 Å². The van der Waals surface area contributed by atoms with E-state index >= 15 is 0 Å². The molecule has 1 fully saturated rings. The number of rotatable bonds is 10. The van der Waals surface area contributed by atoms with E-state index in [2.05, 4.69) is 68.7 Å². The molecule has 7 nitrogen and oxygen atoms in total. The summed E-state index contributed by atoms with van der Waals surface area (Å²) in [5.41, 5.74) is 5.32. The quantitative estimate of drug-likeness (QED) is 0.245. The van der Waals surface area contributed by atoms with Crippen LogP contribution in [0.1, 0.15) is 35.6 Å². The van der Waals surface area contributed by atoms with Crippen LogP contribution in [0.15, 0.2) is 66.9 Å². The second kappa shape index (κ2) is 12.5. The lowest BCUT2D eigenvalue weighted by atomic mass is 9.89. The highest BCUT2D eigenvalue weighted by Crippen LogP contribution is 2.29. The molecule has 1 N–H and O–H groups in total. The zero-order valence-electron chi connectivity index (χ0n) is 21.2. The number of nitriles is 1. The van der Waals surface area contributed by atoms with Gasteiger partial charge in [-0.15, -0.1) is 23.2 Å². The summed E-state index contributed by atoms with van der Waals surface area (Å²) < 4.78 is 1.70. The number of halogens is 2. The second-order valence-corrected chi connectivity index (χ2v) is 10.3. The fraction of sp³-hybridized carbons (Fsp3) is 0.345. The van der Waals surface area contributed by atoms with Gasteiger partial charge in [-0.1, -0.05) is 36.4 Å². The molecule has 0 amide bonds. The Morgan fingerprint density at radius 2 is 1.76 bits per heavy atom. The van der Waals surface area contributed by atoms with Gasteiger partial charge in [0.2, 0.25) is 0 Å². The number of likely N-dealkylation sites (tertiary alicyclic amines) is 1. The van der Waals surface area contributed by atoms with Crippen LogP contribution in [0.2, 0.25) is 0 Å². The number of aromatic nitrogens is 3. The highest BCUT2D eigenvalue weighted by atomic mass is 35.5. The third-order valence-corrected chi connectivity index (χ3v) is 7.42. The molecule has 3 heterocycles. The van der Waals surface area contributed by atoms with Gasteiger partial charge in [0.25, 0.3) is 0 Å². The molecule has 5 rings (SSSR count). The van der Waals surface area contributed by atoms with Gasteiger partial charge in [0.15, 0.2) is 5.65 Å². The van der Waals surface area contributed by atoms with Crippen LogP contribution in [0, 0.1) is 11.3 Å². The lowest BCUT2D eigenvalue weighted by Gasteiger charge is -2.32. The summed E-state index contributed by atoms with van der Waals surface area (Å²) >= 11 is 12.0. The Kier molecular flexibility index (Phi) is 8.65. The first-order valence-corrected chi connectivity index (χ1v) is 14.0. The van der Waals surface area contributed by atoms with Crippen molar-refractivity contribution in [3.8, 4) is 6.07 Å². The van der Waals surface area contributed by atoms with Crippen LogP contribution in [0.3, 0.4) is 0 Å². The average Bonchev–Trinajstić information content (AvgIpc) is 3.37. The Labute approximate surface area is 233 Å². The molecular formula is C29H31Cl2N7. The molecule has 2 aromatic carbocycles. The maximum Gasteiger partial charge on any atom is 0.175 e. The smallest absolute Gasteiger partial charge is 0.175 e. The predicted octanol–water partition coefficient (Wildman–Crippen LogP) is 6.01. The van der Waals surface area contributed by atoms with Gasteiger partial charge in [-0.3, -0.25) is 4.90 Å². The van der Waals surface area contributed by atoms with Crippen molar-refractivity contribution < 1.29 is 0 Å². The Bertz CT molecular complexity index is 1390. The van der Waals surface area contributed by atoms with Crippen LogP contribution in [0.4, 0.5) is 17.2 Å². The van der Waals surface area contributed by atoms with Crippen LogP contribution in [0.5, 0.6) is 0 Å². The van der Waals surface area contributed by atoms with E-state index < -0.39 is 0 Å². The summed E-state index contributed by atoms with van der Waals surface area (Å²) in [5.74, 6) is 2.42. The molecule has 2 aromatic heterocycles. The van der Waals surface area contributed by atoms with E-state index in [1.165, 1.54) is 5.56 Å². The number of fused-ring (bicyclic) bond motifs is 1. The number of nitrogens with zero attached hydrogens (tertiary/aromatic N) is 6. The van der Waals surface area contributed by atoms with Gasteiger partial charge < -0.3 is 10.2 Å². The predicted molar refractivity (Wildman–Crippen MR) is 155 cm³/mol. The molecule has 0 unspecified atom stereocenters. The SMILES string of the molecule is N#Cc1cnn2c(Nc3cccc(N(CCCl)CCCl)c3)cc(CN3CCC(c4ccccc4)CC3)nc12. The molecule has 1 saturated heterocycles. The zero-order chi connectivity index (χ0) is 26.3. The summed E-state index contributed by atoms with van der Waals surface area (Å²) in [5, 5.41) is 17.6. The maximum atomic E-state index is 9.65. The molecule has 1 aliphatic rings. The molecule has 0 radical (unpaired) electrons. The van der Waals surface area contributed by atoms with Crippen molar-refractivity contribution in [3.05, 3.63) is 83.7 Å². The molecule has 0 saturated carbocycles. The minimum absolute atomic E-state index is 0.460. The topological polar surface area (TPSA) is 72.5 Å². The lowest BCUT2D eigenvalue weighted by Crippen LogP contribution is -2.32. The van der Waals surface area contributed by atoms with Gasteiger partial charge in [0, 0.05) is 48.8 Å². The third-order valence-electron chi connectivity index (χ3n) is 7.08. The van der Waals surface area contributed by atoms with Crippen LogP contribution >= 0.6 is 23.2 Å². The normalized spacial score (nSPS) is 14.4. The Hall–Kier alpha value is -3.31. The summed E-state index contributed by atoms with van der Waals surface area (Å²) in [6, 6.07) is 23.2. The van der Waals surface area contributed by atoms with E-state index in [0.29, 0.717) is 42.0 Å². The molecule has 1 aliphatic heterocycles. The summed E-state index contributed by atoms with van der Waals surface area (Å²) in [6.45, 7) is 4.18. The first kappa shape index (κ1) is 26.3. The molecular weight excluding hydrogens is 517 g/mol.